The molecule has 0 aliphatic carbocycles. The number of hydrogen-bond donors (Lipinski definition) is 2. The fraction of sp³-hybridized carbons (Fsp3) is 0.652. The largest absolute Gasteiger partial charge is 0.377 e. The maximum absolute atomic E-state index is 12.8. The van der Waals surface area contributed by atoms with Crippen molar-refractivity contribution in [2.45, 2.75) is 50.9 Å². The Hall–Kier alpha value is -2.00. The summed E-state index contributed by atoms with van der Waals surface area (Å²) in [6.07, 6.45) is 2.91. The number of carbonyl (C=O) groups excluding carboxylic acids is 2. The number of rotatable bonds is 10. The zero-order valence-electron chi connectivity index (χ0n) is 18.7. The number of likely N-dealkylation sites (tertiary alicyclic amines) is 1. The first-order chi connectivity index (χ1) is 15.0. The molecule has 2 amide bonds. The Morgan fingerprint density at radius 1 is 1.32 bits per heavy atom. The van der Waals surface area contributed by atoms with Gasteiger partial charge < -0.3 is 25.4 Å². The van der Waals surface area contributed by atoms with E-state index in [1.165, 1.54) is 18.2 Å². The highest BCUT2D eigenvalue weighted by Gasteiger charge is 2.42. The number of aryl methyl sites for hydroxylation is 1. The van der Waals surface area contributed by atoms with Gasteiger partial charge in [0.2, 0.25) is 11.8 Å². The van der Waals surface area contributed by atoms with E-state index < -0.39 is 6.04 Å². The van der Waals surface area contributed by atoms with E-state index in [-0.39, 0.29) is 30.6 Å². The molecule has 172 valence electrons. The van der Waals surface area contributed by atoms with Gasteiger partial charge in [0.05, 0.1) is 6.10 Å². The van der Waals surface area contributed by atoms with Gasteiger partial charge in [-0.3, -0.25) is 14.5 Å². The molecule has 2 saturated heterocycles. The summed E-state index contributed by atoms with van der Waals surface area (Å²) in [6.45, 7) is 5.67. The molecular weight excluding hydrogens is 396 g/mol. The molecule has 0 spiro atoms. The summed E-state index contributed by atoms with van der Waals surface area (Å²) in [4.78, 5) is 29.5. The van der Waals surface area contributed by atoms with Gasteiger partial charge in [0.15, 0.2) is 0 Å². The van der Waals surface area contributed by atoms with Crippen molar-refractivity contribution in [3.8, 4) is 0 Å². The van der Waals surface area contributed by atoms with E-state index in [1.54, 1.807) is 4.90 Å². The zero-order chi connectivity index (χ0) is 22.2. The first-order valence-electron chi connectivity index (χ1n) is 11.2. The first-order valence-corrected chi connectivity index (χ1v) is 11.2. The third kappa shape index (κ3) is 6.49. The van der Waals surface area contributed by atoms with Crippen LogP contribution in [0.3, 0.4) is 0 Å². The van der Waals surface area contributed by atoms with Gasteiger partial charge >= 0.3 is 0 Å². The normalized spacial score (nSPS) is 23.5. The number of ether oxygens (including phenoxy) is 2. The van der Waals surface area contributed by atoms with Crippen LogP contribution in [0, 0.1) is 6.92 Å². The van der Waals surface area contributed by atoms with E-state index in [2.05, 4.69) is 41.4 Å². The van der Waals surface area contributed by atoms with Crippen molar-refractivity contribution in [2.75, 3.05) is 46.5 Å². The van der Waals surface area contributed by atoms with Gasteiger partial charge in [-0.2, -0.15) is 0 Å². The number of methoxy groups -OCH3 is 1. The topological polar surface area (TPSA) is 97.1 Å². The minimum atomic E-state index is -0.510. The third-order valence-electron chi connectivity index (χ3n) is 6.10. The second-order valence-electron chi connectivity index (χ2n) is 8.51. The average Bonchev–Trinajstić information content (AvgIpc) is 3.43. The SMILES string of the molecule is COCC(=O)N1CC(N(Cc2ccc(C)cc2)CC2CCCO2)CC1C(=O)NCCN. The van der Waals surface area contributed by atoms with Gasteiger partial charge in [-0.25, -0.2) is 0 Å². The van der Waals surface area contributed by atoms with Crippen LogP contribution in [0.1, 0.15) is 30.4 Å². The van der Waals surface area contributed by atoms with Crippen LogP contribution in [0.4, 0.5) is 0 Å². The van der Waals surface area contributed by atoms with Crippen molar-refractivity contribution in [1.29, 1.82) is 0 Å². The van der Waals surface area contributed by atoms with E-state index in [9.17, 15) is 9.59 Å². The summed E-state index contributed by atoms with van der Waals surface area (Å²) in [6, 6.07) is 8.08. The molecule has 2 heterocycles. The molecule has 31 heavy (non-hydrogen) atoms. The Kier molecular flexibility index (Phi) is 8.83. The molecule has 0 radical (unpaired) electrons. The number of carbonyl (C=O) groups is 2. The van der Waals surface area contributed by atoms with E-state index in [4.69, 9.17) is 15.2 Å². The maximum Gasteiger partial charge on any atom is 0.249 e. The Labute approximate surface area is 185 Å². The van der Waals surface area contributed by atoms with Gasteiger partial charge in [0.1, 0.15) is 12.6 Å². The molecular formula is C23H36N4O4. The summed E-state index contributed by atoms with van der Waals surface area (Å²) in [7, 11) is 1.50. The number of amides is 2. The van der Waals surface area contributed by atoms with Crippen molar-refractivity contribution in [3.63, 3.8) is 0 Å². The Bertz CT molecular complexity index is 721. The number of benzene rings is 1. The molecule has 2 aliphatic rings. The molecule has 1 aromatic rings. The van der Waals surface area contributed by atoms with Crippen LogP contribution < -0.4 is 11.1 Å². The van der Waals surface area contributed by atoms with Crippen molar-refractivity contribution < 1.29 is 19.1 Å². The van der Waals surface area contributed by atoms with Crippen LogP contribution in [-0.2, 0) is 25.6 Å². The van der Waals surface area contributed by atoms with E-state index in [0.29, 0.717) is 26.1 Å². The lowest BCUT2D eigenvalue weighted by molar-refractivity contribution is -0.141. The number of nitrogens with two attached hydrogens (primary N) is 1. The smallest absolute Gasteiger partial charge is 0.249 e. The van der Waals surface area contributed by atoms with Crippen LogP contribution in [0.5, 0.6) is 0 Å². The number of nitrogens with one attached hydrogen (secondary N) is 1. The standard InChI is InChI=1S/C23H36N4O4/c1-17-5-7-18(8-6-17)13-26(15-20-4-3-11-31-20)19-12-21(23(29)25-10-9-24)27(14-19)22(28)16-30-2/h5-8,19-21H,3-4,9-16,24H2,1-2H3,(H,25,29). The monoisotopic (exact) mass is 432 g/mol. The number of nitrogens with zero attached hydrogens (tertiary/aromatic N) is 2. The third-order valence-corrected chi connectivity index (χ3v) is 6.10. The molecule has 8 heteroatoms. The summed E-state index contributed by atoms with van der Waals surface area (Å²) < 4.78 is 11.0. The molecule has 0 aromatic heterocycles. The second kappa shape index (κ2) is 11.6. The lowest BCUT2D eigenvalue weighted by Crippen LogP contribution is -2.48. The van der Waals surface area contributed by atoms with Crippen molar-refractivity contribution in [3.05, 3.63) is 35.4 Å². The van der Waals surface area contributed by atoms with Crippen LogP contribution in [0.15, 0.2) is 24.3 Å². The molecule has 3 rings (SSSR count). The summed E-state index contributed by atoms with van der Waals surface area (Å²) in [5, 5.41) is 2.85. The van der Waals surface area contributed by atoms with Crippen LogP contribution >= 0.6 is 0 Å². The minimum Gasteiger partial charge on any atom is -0.377 e. The van der Waals surface area contributed by atoms with Gasteiger partial charge in [0.25, 0.3) is 0 Å². The fourth-order valence-corrected chi connectivity index (χ4v) is 4.44. The van der Waals surface area contributed by atoms with E-state index >= 15 is 0 Å². The van der Waals surface area contributed by atoms with E-state index in [1.807, 2.05) is 0 Å². The Morgan fingerprint density at radius 3 is 2.74 bits per heavy atom. The lowest BCUT2D eigenvalue weighted by atomic mass is 10.1. The van der Waals surface area contributed by atoms with Gasteiger partial charge in [-0.1, -0.05) is 29.8 Å². The molecule has 2 fully saturated rings. The molecule has 3 atom stereocenters. The average molecular weight is 433 g/mol. The minimum absolute atomic E-state index is 0.0307. The molecule has 0 bridgehead atoms. The summed E-state index contributed by atoms with van der Waals surface area (Å²) >= 11 is 0. The Morgan fingerprint density at radius 2 is 2.10 bits per heavy atom. The predicted octanol–water partition coefficient (Wildman–Crippen LogP) is 0.667. The Balaban J connectivity index is 1.77. The van der Waals surface area contributed by atoms with Crippen molar-refractivity contribution >= 4 is 11.8 Å². The molecule has 2 aliphatic heterocycles. The quantitative estimate of drug-likeness (QED) is 0.564. The van der Waals surface area contributed by atoms with Crippen LogP contribution in [0.25, 0.3) is 0 Å². The highest BCUT2D eigenvalue weighted by atomic mass is 16.5. The summed E-state index contributed by atoms with van der Waals surface area (Å²) in [5.74, 6) is -0.310. The number of hydrogen-bond acceptors (Lipinski definition) is 6. The lowest BCUT2D eigenvalue weighted by Gasteiger charge is -2.31. The van der Waals surface area contributed by atoms with Gasteiger partial charge in [-0.05, 0) is 31.7 Å². The molecule has 3 unspecified atom stereocenters. The summed E-state index contributed by atoms with van der Waals surface area (Å²) in [5.41, 5.74) is 7.99. The zero-order valence-corrected chi connectivity index (χ0v) is 18.7. The van der Waals surface area contributed by atoms with Gasteiger partial charge in [-0.15, -0.1) is 0 Å². The maximum atomic E-state index is 12.8. The van der Waals surface area contributed by atoms with Crippen LogP contribution in [0.2, 0.25) is 0 Å². The van der Waals surface area contributed by atoms with E-state index in [0.717, 1.165) is 32.5 Å². The molecule has 0 saturated carbocycles. The van der Waals surface area contributed by atoms with Gasteiger partial charge in [0, 0.05) is 52.5 Å². The van der Waals surface area contributed by atoms with Crippen LogP contribution in [-0.4, -0.2) is 86.3 Å². The first kappa shape index (κ1) is 23.7. The molecule has 8 nitrogen and oxygen atoms in total. The molecule has 3 N–H and O–H groups in total. The van der Waals surface area contributed by atoms with Crippen molar-refractivity contribution in [1.82, 2.24) is 15.1 Å². The highest BCUT2D eigenvalue weighted by Crippen LogP contribution is 2.26. The predicted molar refractivity (Wildman–Crippen MR) is 118 cm³/mol. The van der Waals surface area contributed by atoms with Crippen molar-refractivity contribution in [2.24, 2.45) is 5.73 Å². The molecule has 1 aromatic carbocycles. The fourth-order valence-electron chi connectivity index (χ4n) is 4.44. The highest BCUT2D eigenvalue weighted by molar-refractivity contribution is 5.88. The second-order valence-corrected chi connectivity index (χ2v) is 8.51.